The zero-order chi connectivity index (χ0) is 21.0. The summed E-state index contributed by atoms with van der Waals surface area (Å²) in [4.78, 5) is 14.0. The van der Waals surface area contributed by atoms with E-state index in [1.165, 1.54) is 0 Å². The molecule has 1 amide bonds. The highest BCUT2D eigenvalue weighted by Crippen LogP contribution is 2.29. The minimum atomic E-state index is -2.09. The van der Waals surface area contributed by atoms with Crippen molar-refractivity contribution < 1.29 is 18.3 Å². The van der Waals surface area contributed by atoms with E-state index in [2.05, 4.69) is 0 Å². The topological polar surface area (TPSA) is 70.1 Å². The van der Waals surface area contributed by atoms with E-state index >= 15 is 0 Å². The fourth-order valence-corrected chi connectivity index (χ4v) is 4.33. The summed E-state index contributed by atoms with van der Waals surface area (Å²) in [6.45, 7) is 7.43. The highest BCUT2D eigenvalue weighted by molar-refractivity contribution is 7.80. The third kappa shape index (κ3) is 5.70. The number of carbonyl (C=O) groups is 1. The molecule has 1 saturated heterocycles. The van der Waals surface area contributed by atoms with Crippen LogP contribution in [0.4, 0.5) is 10.5 Å². The third-order valence-corrected chi connectivity index (χ3v) is 5.99. The predicted molar refractivity (Wildman–Crippen MR) is 117 cm³/mol. The van der Waals surface area contributed by atoms with Crippen molar-refractivity contribution in [2.24, 2.45) is 5.92 Å². The molecule has 0 bridgehead atoms. The van der Waals surface area contributed by atoms with Crippen LogP contribution in [0.2, 0.25) is 0 Å². The van der Waals surface area contributed by atoms with E-state index in [9.17, 15) is 13.6 Å². The Labute approximate surface area is 175 Å². The molecular weight excluding hydrogens is 388 g/mol. The molecule has 7 heteroatoms. The number of likely N-dealkylation sites (tertiary alicyclic amines) is 1. The summed E-state index contributed by atoms with van der Waals surface area (Å²) < 4.78 is 29.0. The molecule has 2 aromatic rings. The van der Waals surface area contributed by atoms with Crippen LogP contribution in [0.1, 0.15) is 40.0 Å². The normalized spacial score (nSPS) is 16.6. The Kier molecular flexibility index (Phi) is 6.80. The van der Waals surface area contributed by atoms with Crippen molar-refractivity contribution in [1.29, 1.82) is 0 Å². The monoisotopic (exact) mass is 418 g/mol. The lowest BCUT2D eigenvalue weighted by molar-refractivity contribution is 0.0182. The van der Waals surface area contributed by atoms with E-state index in [1.807, 2.05) is 63.2 Å². The zero-order valence-corrected chi connectivity index (χ0v) is 18.2. The van der Waals surface area contributed by atoms with Gasteiger partial charge in [0.1, 0.15) is 5.60 Å². The Bertz CT molecular complexity index is 867. The van der Waals surface area contributed by atoms with Gasteiger partial charge in [-0.1, -0.05) is 36.4 Å². The fourth-order valence-electron chi connectivity index (χ4n) is 3.74. The SMILES string of the molecule is CC(C)(C)OC(=O)N1CCC(CCN(c2cccc3ccccc23)S(=O)O)CC1. The van der Waals surface area contributed by atoms with Gasteiger partial charge in [0.15, 0.2) is 0 Å². The Balaban J connectivity index is 1.60. The van der Waals surface area contributed by atoms with Gasteiger partial charge in [0.05, 0.1) is 5.69 Å². The second-order valence-corrected chi connectivity index (χ2v) is 9.43. The van der Waals surface area contributed by atoms with E-state index in [-0.39, 0.29) is 6.09 Å². The standard InChI is InChI=1S/C22H30N2O4S/c1-22(2,3)28-21(25)23-14-11-17(12-15-23)13-16-24(29(26)27)20-10-6-8-18-7-4-5-9-19(18)20/h4-10,17H,11-16H2,1-3H3,(H,26,27). The summed E-state index contributed by atoms with van der Waals surface area (Å²) in [7, 11) is 0. The molecule has 1 fully saturated rings. The van der Waals surface area contributed by atoms with Crippen molar-refractivity contribution in [3.8, 4) is 0 Å². The van der Waals surface area contributed by atoms with Crippen molar-refractivity contribution in [2.75, 3.05) is 23.9 Å². The quantitative estimate of drug-likeness (QED) is 0.707. The fraction of sp³-hybridized carbons (Fsp3) is 0.500. The predicted octanol–water partition coefficient (Wildman–Crippen LogP) is 4.82. The number of hydrogen-bond acceptors (Lipinski definition) is 3. The molecule has 1 atom stereocenters. The number of hydrogen-bond donors (Lipinski definition) is 1. The molecule has 0 spiro atoms. The van der Waals surface area contributed by atoms with Crippen LogP contribution in [0, 0.1) is 5.92 Å². The maximum absolute atomic E-state index is 12.2. The van der Waals surface area contributed by atoms with Gasteiger partial charge in [0.25, 0.3) is 11.3 Å². The van der Waals surface area contributed by atoms with Crippen LogP contribution >= 0.6 is 0 Å². The number of piperidine rings is 1. The minimum Gasteiger partial charge on any atom is -0.444 e. The number of anilines is 1. The van der Waals surface area contributed by atoms with Gasteiger partial charge in [-0.25, -0.2) is 9.00 Å². The lowest BCUT2D eigenvalue weighted by Crippen LogP contribution is -2.42. The second-order valence-electron chi connectivity index (χ2n) is 8.53. The first-order chi connectivity index (χ1) is 13.7. The molecule has 1 aliphatic heterocycles. The Morgan fingerprint density at radius 3 is 2.48 bits per heavy atom. The van der Waals surface area contributed by atoms with Gasteiger partial charge in [0.2, 0.25) is 0 Å². The molecule has 1 heterocycles. The van der Waals surface area contributed by atoms with Crippen LogP contribution in [0.3, 0.4) is 0 Å². The highest BCUT2D eigenvalue weighted by Gasteiger charge is 2.27. The molecule has 0 saturated carbocycles. The van der Waals surface area contributed by atoms with Crippen LogP contribution < -0.4 is 4.31 Å². The Hall–Kier alpha value is -2.12. The minimum absolute atomic E-state index is 0.259. The Morgan fingerprint density at radius 1 is 1.17 bits per heavy atom. The maximum atomic E-state index is 12.2. The summed E-state index contributed by atoms with van der Waals surface area (Å²) in [5.41, 5.74) is 0.285. The van der Waals surface area contributed by atoms with E-state index in [0.717, 1.165) is 35.7 Å². The smallest absolute Gasteiger partial charge is 0.410 e. The molecular formula is C22H30N2O4S. The third-order valence-electron chi connectivity index (χ3n) is 5.23. The molecule has 1 unspecified atom stereocenters. The van der Waals surface area contributed by atoms with E-state index in [0.29, 0.717) is 25.6 Å². The maximum Gasteiger partial charge on any atom is 0.410 e. The molecule has 0 aromatic heterocycles. The Morgan fingerprint density at radius 2 is 1.83 bits per heavy atom. The van der Waals surface area contributed by atoms with Gasteiger partial charge < -0.3 is 9.64 Å². The van der Waals surface area contributed by atoms with Crippen molar-refractivity contribution in [3.63, 3.8) is 0 Å². The number of amides is 1. The van der Waals surface area contributed by atoms with Gasteiger partial charge in [0, 0.05) is 25.0 Å². The van der Waals surface area contributed by atoms with Gasteiger partial charge in [-0.05, 0) is 57.4 Å². The summed E-state index contributed by atoms with van der Waals surface area (Å²) in [6, 6.07) is 13.7. The number of carbonyl (C=O) groups excluding carboxylic acids is 1. The number of ether oxygens (including phenoxy) is 1. The molecule has 158 valence electrons. The number of nitrogens with zero attached hydrogens (tertiary/aromatic N) is 2. The summed E-state index contributed by atoms with van der Waals surface area (Å²) in [5.74, 6) is 0.412. The van der Waals surface area contributed by atoms with Crippen LogP contribution in [0.15, 0.2) is 42.5 Å². The molecule has 0 aliphatic carbocycles. The van der Waals surface area contributed by atoms with E-state index < -0.39 is 16.9 Å². The largest absolute Gasteiger partial charge is 0.444 e. The van der Waals surface area contributed by atoms with Gasteiger partial charge in [-0.3, -0.25) is 8.86 Å². The van der Waals surface area contributed by atoms with Crippen LogP contribution in [0.5, 0.6) is 0 Å². The van der Waals surface area contributed by atoms with Crippen molar-refractivity contribution >= 4 is 33.8 Å². The molecule has 1 N–H and O–H groups in total. The molecule has 2 aromatic carbocycles. The van der Waals surface area contributed by atoms with Crippen LogP contribution in [0.25, 0.3) is 10.8 Å². The average Bonchev–Trinajstić information content (AvgIpc) is 2.67. The second kappa shape index (κ2) is 9.13. The molecule has 0 radical (unpaired) electrons. The van der Waals surface area contributed by atoms with Gasteiger partial charge in [-0.2, -0.15) is 0 Å². The number of fused-ring (bicyclic) bond motifs is 1. The first-order valence-corrected chi connectivity index (χ1v) is 11.1. The summed E-state index contributed by atoms with van der Waals surface area (Å²) in [5, 5.41) is 2.02. The van der Waals surface area contributed by atoms with Gasteiger partial charge >= 0.3 is 6.09 Å². The van der Waals surface area contributed by atoms with Crippen LogP contribution in [-0.4, -0.2) is 45.0 Å². The first kappa shape index (κ1) is 21.6. The van der Waals surface area contributed by atoms with E-state index in [1.54, 1.807) is 9.21 Å². The summed E-state index contributed by atoms with van der Waals surface area (Å²) in [6.07, 6.45) is 2.30. The zero-order valence-electron chi connectivity index (χ0n) is 17.3. The molecule has 1 aliphatic rings. The lowest BCUT2D eigenvalue weighted by Gasteiger charge is -2.34. The molecule has 6 nitrogen and oxygen atoms in total. The summed E-state index contributed by atoms with van der Waals surface area (Å²) >= 11 is -2.09. The number of benzene rings is 2. The van der Waals surface area contributed by atoms with Gasteiger partial charge in [-0.15, -0.1) is 0 Å². The van der Waals surface area contributed by atoms with Crippen molar-refractivity contribution in [3.05, 3.63) is 42.5 Å². The van der Waals surface area contributed by atoms with Crippen molar-refractivity contribution in [1.82, 2.24) is 4.90 Å². The molecule has 29 heavy (non-hydrogen) atoms. The highest BCUT2D eigenvalue weighted by atomic mass is 32.2. The van der Waals surface area contributed by atoms with Crippen LogP contribution in [-0.2, 0) is 16.0 Å². The first-order valence-electron chi connectivity index (χ1n) is 10.1. The van der Waals surface area contributed by atoms with E-state index in [4.69, 9.17) is 4.74 Å². The molecule has 3 rings (SSSR count). The lowest BCUT2D eigenvalue weighted by atomic mass is 9.93. The average molecular weight is 419 g/mol. The number of rotatable bonds is 5. The van der Waals surface area contributed by atoms with Crippen molar-refractivity contribution in [2.45, 2.75) is 45.6 Å².